The fourth-order valence-electron chi connectivity index (χ4n) is 2.59. The van der Waals surface area contributed by atoms with Crippen molar-refractivity contribution in [2.45, 2.75) is 25.8 Å². The molecule has 2 rings (SSSR count). The van der Waals surface area contributed by atoms with Crippen molar-refractivity contribution in [2.24, 2.45) is 5.92 Å². The minimum absolute atomic E-state index is 0.00246. The molecule has 0 bridgehead atoms. The number of amides is 1. The maximum atomic E-state index is 13.8. The van der Waals surface area contributed by atoms with Gasteiger partial charge in [-0.25, -0.2) is 8.78 Å². The molecule has 1 N–H and O–H groups in total. The summed E-state index contributed by atoms with van der Waals surface area (Å²) in [6.07, 6.45) is 1.59. The number of carbonyl (C=O) groups is 1. The van der Waals surface area contributed by atoms with E-state index in [9.17, 15) is 13.6 Å². The molecule has 1 aromatic rings. The van der Waals surface area contributed by atoms with Crippen molar-refractivity contribution in [3.05, 3.63) is 35.4 Å². The van der Waals surface area contributed by atoms with E-state index in [0.29, 0.717) is 0 Å². The van der Waals surface area contributed by atoms with Crippen LogP contribution in [0.4, 0.5) is 8.78 Å². The molecule has 1 unspecified atom stereocenters. The molecule has 0 spiro atoms. The number of halogens is 2. The lowest BCUT2D eigenvalue weighted by molar-refractivity contribution is -0.137. The zero-order valence-corrected chi connectivity index (χ0v) is 11.8. The van der Waals surface area contributed by atoms with Crippen LogP contribution < -0.4 is 5.32 Å². The summed E-state index contributed by atoms with van der Waals surface area (Å²) < 4.78 is 27.0. The van der Waals surface area contributed by atoms with Crippen molar-refractivity contribution in [1.29, 1.82) is 0 Å². The Morgan fingerprint density at radius 1 is 1.35 bits per heavy atom. The first-order chi connectivity index (χ1) is 9.50. The number of benzene rings is 1. The van der Waals surface area contributed by atoms with Gasteiger partial charge in [0.25, 0.3) is 0 Å². The summed E-state index contributed by atoms with van der Waals surface area (Å²) in [6, 6.07) is 2.87. The Morgan fingerprint density at radius 3 is 2.65 bits per heavy atom. The summed E-state index contributed by atoms with van der Waals surface area (Å²) in [4.78, 5) is 13.9. The fourth-order valence-corrected chi connectivity index (χ4v) is 2.59. The van der Waals surface area contributed by atoms with Crippen LogP contribution in [0.15, 0.2) is 18.2 Å². The standard InChI is InChI=1S/C15H20F2N2O/c1-10(13-9-12(16)3-4-14(13)17)19(2)15(20)11-5-7-18-8-6-11/h3-4,9-11,18H,5-8H2,1-2H3. The molecule has 3 nitrogen and oxygen atoms in total. The summed E-state index contributed by atoms with van der Waals surface area (Å²) in [5.74, 6) is -0.997. The van der Waals surface area contributed by atoms with E-state index in [0.717, 1.165) is 44.1 Å². The molecule has 1 heterocycles. The van der Waals surface area contributed by atoms with Crippen LogP contribution in [0, 0.1) is 17.6 Å². The van der Waals surface area contributed by atoms with Crippen LogP contribution in [-0.4, -0.2) is 30.9 Å². The van der Waals surface area contributed by atoms with Crippen LogP contribution in [0.1, 0.15) is 31.4 Å². The van der Waals surface area contributed by atoms with Gasteiger partial charge in [0.05, 0.1) is 6.04 Å². The van der Waals surface area contributed by atoms with Gasteiger partial charge in [0.1, 0.15) is 11.6 Å². The first kappa shape index (κ1) is 14.9. The topological polar surface area (TPSA) is 32.3 Å². The normalized spacial score (nSPS) is 17.8. The fraction of sp³-hybridized carbons (Fsp3) is 0.533. The third kappa shape index (κ3) is 3.15. The molecule has 1 amide bonds. The Hall–Kier alpha value is -1.49. The Kier molecular flexibility index (Phi) is 4.70. The SMILES string of the molecule is CC(c1cc(F)ccc1F)N(C)C(=O)C1CCNCC1. The van der Waals surface area contributed by atoms with Crippen LogP contribution >= 0.6 is 0 Å². The molecule has 5 heteroatoms. The smallest absolute Gasteiger partial charge is 0.226 e. The van der Waals surface area contributed by atoms with Gasteiger partial charge in [-0.05, 0) is 51.1 Å². The summed E-state index contributed by atoms with van der Waals surface area (Å²) in [7, 11) is 1.65. The predicted molar refractivity (Wildman–Crippen MR) is 73.1 cm³/mol. The van der Waals surface area contributed by atoms with Crippen LogP contribution in [0.2, 0.25) is 0 Å². The first-order valence-electron chi connectivity index (χ1n) is 6.93. The van der Waals surface area contributed by atoms with E-state index in [4.69, 9.17) is 0 Å². The molecule has 20 heavy (non-hydrogen) atoms. The molecule has 0 aliphatic carbocycles. The average molecular weight is 282 g/mol. The van der Waals surface area contributed by atoms with Gasteiger partial charge >= 0.3 is 0 Å². The second kappa shape index (κ2) is 6.31. The molecule has 0 saturated carbocycles. The first-order valence-corrected chi connectivity index (χ1v) is 6.93. The van der Waals surface area contributed by atoms with Crippen LogP contribution in [0.25, 0.3) is 0 Å². The lowest BCUT2D eigenvalue weighted by Gasteiger charge is -2.31. The highest BCUT2D eigenvalue weighted by Gasteiger charge is 2.28. The highest BCUT2D eigenvalue weighted by molar-refractivity contribution is 5.79. The minimum Gasteiger partial charge on any atom is -0.339 e. The van der Waals surface area contributed by atoms with Gasteiger partial charge in [0.2, 0.25) is 5.91 Å². The minimum atomic E-state index is -0.490. The van der Waals surface area contributed by atoms with Gasteiger partial charge in [0.15, 0.2) is 0 Å². The molecule has 0 aromatic heterocycles. The average Bonchev–Trinajstić information content (AvgIpc) is 2.48. The predicted octanol–water partition coefficient (Wildman–Crippen LogP) is 2.48. The van der Waals surface area contributed by atoms with E-state index in [-0.39, 0.29) is 17.4 Å². The third-order valence-electron chi connectivity index (χ3n) is 4.03. The van der Waals surface area contributed by atoms with E-state index in [1.807, 2.05) is 0 Å². The van der Waals surface area contributed by atoms with Crippen LogP contribution in [0.5, 0.6) is 0 Å². The van der Waals surface area contributed by atoms with E-state index in [2.05, 4.69) is 5.32 Å². The lowest BCUT2D eigenvalue weighted by Crippen LogP contribution is -2.40. The number of hydrogen-bond acceptors (Lipinski definition) is 2. The second-order valence-electron chi connectivity index (χ2n) is 5.32. The zero-order chi connectivity index (χ0) is 14.7. The van der Waals surface area contributed by atoms with Crippen molar-refractivity contribution in [3.8, 4) is 0 Å². The summed E-state index contributed by atoms with van der Waals surface area (Å²) >= 11 is 0. The van der Waals surface area contributed by atoms with Crippen molar-refractivity contribution in [2.75, 3.05) is 20.1 Å². The maximum Gasteiger partial charge on any atom is 0.226 e. The Bertz CT molecular complexity index is 487. The molecule has 1 aliphatic heterocycles. The van der Waals surface area contributed by atoms with Gasteiger partial charge < -0.3 is 10.2 Å². The Balaban J connectivity index is 2.12. The van der Waals surface area contributed by atoms with Crippen molar-refractivity contribution >= 4 is 5.91 Å². The number of nitrogens with one attached hydrogen (secondary N) is 1. The van der Waals surface area contributed by atoms with Gasteiger partial charge in [-0.1, -0.05) is 0 Å². The summed E-state index contributed by atoms with van der Waals surface area (Å²) in [5, 5.41) is 3.21. The maximum absolute atomic E-state index is 13.8. The molecule has 1 aromatic carbocycles. The molecule has 1 atom stereocenters. The monoisotopic (exact) mass is 282 g/mol. The lowest BCUT2D eigenvalue weighted by atomic mass is 9.95. The molecule has 110 valence electrons. The molecule has 1 saturated heterocycles. The number of hydrogen-bond donors (Lipinski definition) is 1. The summed E-state index contributed by atoms with van der Waals surface area (Å²) in [6.45, 7) is 3.37. The Labute approximate surface area is 118 Å². The van der Waals surface area contributed by atoms with E-state index >= 15 is 0 Å². The molecule has 1 aliphatic rings. The van der Waals surface area contributed by atoms with E-state index in [1.54, 1.807) is 14.0 Å². The van der Waals surface area contributed by atoms with Crippen LogP contribution in [0.3, 0.4) is 0 Å². The highest BCUT2D eigenvalue weighted by Crippen LogP contribution is 2.25. The third-order valence-corrected chi connectivity index (χ3v) is 4.03. The molecule has 0 radical (unpaired) electrons. The number of nitrogens with zero attached hydrogens (tertiary/aromatic N) is 1. The quantitative estimate of drug-likeness (QED) is 0.923. The van der Waals surface area contributed by atoms with Gasteiger partial charge in [-0.3, -0.25) is 4.79 Å². The molecular weight excluding hydrogens is 262 g/mol. The van der Waals surface area contributed by atoms with Gasteiger partial charge in [-0.15, -0.1) is 0 Å². The molecular formula is C15H20F2N2O. The summed E-state index contributed by atoms with van der Waals surface area (Å²) in [5.41, 5.74) is 0.217. The van der Waals surface area contributed by atoms with Crippen molar-refractivity contribution < 1.29 is 13.6 Å². The second-order valence-corrected chi connectivity index (χ2v) is 5.32. The van der Waals surface area contributed by atoms with E-state index < -0.39 is 17.7 Å². The van der Waals surface area contributed by atoms with Crippen molar-refractivity contribution in [1.82, 2.24) is 10.2 Å². The van der Waals surface area contributed by atoms with Crippen LogP contribution in [-0.2, 0) is 4.79 Å². The van der Waals surface area contributed by atoms with Crippen molar-refractivity contribution in [3.63, 3.8) is 0 Å². The van der Waals surface area contributed by atoms with Gasteiger partial charge in [0, 0.05) is 18.5 Å². The number of piperidine rings is 1. The van der Waals surface area contributed by atoms with E-state index in [1.165, 1.54) is 4.90 Å². The number of rotatable bonds is 3. The Morgan fingerprint density at radius 2 is 2.00 bits per heavy atom. The number of carbonyl (C=O) groups excluding carboxylic acids is 1. The zero-order valence-electron chi connectivity index (χ0n) is 11.8. The molecule has 1 fully saturated rings. The highest BCUT2D eigenvalue weighted by atomic mass is 19.1. The largest absolute Gasteiger partial charge is 0.339 e. The van der Waals surface area contributed by atoms with Gasteiger partial charge in [-0.2, -0.15) is 0 Å².